The van der Waals surface area contributed by atoms with Crippen LogP contribution in [0.15, 0.2) is 48.5 Å². The van der Waals surface area contributed by atoms with E-state index in [0.29, 0.717) is 22.7 Å². The molecular weight excluding hydrogens is 318 g/mol. The smallest absolute Gasteiger partial charge is 0.264 e. The van der Waals surface area contributed by atoms with Crippen molar-refractivity contribution < 1.29 is 14.3 Å². The third-order valence-electron chi connectivity index (χ3n) is 4.02. The van der Waals surface area contributed by atoms with Crippen LogP contribution < -0.4 is 15.0 Å². The molecule has 2 aromatic carbocycles. The lowest BCUT2D eigenvalue weighted by Crippen LogP contribution is -2.38. The Hall–Kier alpha value is -3.33. The van der Waals surface area contributed by atoms with E-state index in [2.05, 4.69) is 5.32 Å². The van der Waals surface area contributed by atoms with E-state index in [1.807, 2.05) is 12.1 Å². The van der Waals surface area contributed by atoms with E-state index < -0.39 is 0 Å². The second kappa shape index (κ2) is 7.05. The Morgan fingerprint density at radius 3 is 2.80 bits per heavy atom. The van der Waals surface area contributed by atoms with Gasteiger partial charge in [0.2, 0.25) is 5.91 Å². The first kappa shape index (κ1) is 16.5. The Labute approximate surface area is 145 Å². The molecule has 2 amide bonds. The maximum atomic E-state index is 12.7. The number of hydrogen-bond donors (Lipinski definition) is 1. The topological polar surface area (TPSA) is 82.4 Å². The Morgan fingerprint density at radius 1 is 1.28 bits per heavy atom. The van der Waals surface area contributed by atoms with E-state index >= 15 is 0 Å². The molecular formula is C19H17N3O3. The Bertz CT molecular complexity index is 857. The third-order valence-corrected chi connectivity index (χ3v) is 4.02. The van der Waals surface area contributed by atoms with Crippen LogP contribution in [0.25, 0.3) is 0 Å². The molecule has 3 rings (SSSR count). The van der Waals surface area contributed by atoms with Crippen LogP contribution >= 0.6 is 0 Å². The van der Waals surface area contributed by atoms with E-state index in [9.17, 15) is 9.59 Å². The summed E-state index contributed by atoms with van der Waals surface area (Å²) in [6.45, 7) is 1.83. The molecule has 0 saturated carbocycles. The zero-order valence-electron chi connectivity index (χ0n) is 13.7. The van der Waals surface area contributed by atoms with Crippen LogP contribution in [0.3, 0.4) is 0 Å². The molecule has 0 radical (unpaired) electrons. The molecule has 0 spiro atoms. The van der Waals surface area contributed by atoms with Crippen LogP contribution in [0, 0.1) is 17.2 Å². The van der Waals surface area contributed by atoms with Crippen molar-refractivity contribution in [3.63, 3.8) is 0 Å². The first-order valence-electron chi connectivity index (χ1n) is 7.92. The summed E-state index contributed by atoms with van der Waals surface area (Å²) in [6, 6.07) is 16.0. The minimum Gasteiger partial charge on any atom is -0.482 e. The van der Waals surface area contributed by atoms with Crippen molar-refractivity contribution >= 4 is 23.2 Å². The van der Waals surface area contributed by atoms with Gasteiger partial charge in [0.05, 0.1) is 22.9 Å². The summed E-state index contributed by atoms with van der Waals surface area (Å²) in [6.07, 6.45) is 0. The lowest BCUT2D eigenvalue weighted by atomic mass is 10.1. The minimum atomic E-state index is -0.345. The lowest BCUT2D eigenvalue weighted by molar-refractivity contribution is -0.121. The van der Waals surface area contributed by atoms with E-state index in [0.717, 1.165) is 0 Å². The normalized spacial score (nSPS) is 16.2. The second-order valence-corrected chi connectivity index (χ2v) is 5.81. The fourth-order valence-corrected chi connectivity index (χ4v) is 2.66. The highest BCUT2D eigenvalue weighted by atomic mass is 16.5. The van der Waals surface area contributed by atoms with E-state index in [4.69, 9.17) is 10.00 Å². The van der Waals surface area contributed by atoms with Gasteiger partial charge in [0.25, 0.3) is 5.91 Å². The Kier molecular flexibility index (Phi) is 4.66. The molecule has 1 unspecified atom stereocenters. The van der Waals surface area contributed by atoms with Crippen LogP contribution in [0.5, 0.6) is 5.75 Å². The van der Waals surface area contributed by atoms with Gasteiger partial charge in [-0.3, -0.25) is 9.59 Å². The molecule has 126 valence electrons. The van der Waals surface area contributed by atoms with Crippen molar-refractivity contribution in [1.82, 2.24) is 0 Å². The van der Waals surface area contributed by atoms with Gasteiger partial charge >= 0.3 is 0 Å². The quantitative estimate of drug-likeness (QED) is 0.934. The number of amides is 2. The molecule has 1 aliphatic heterocycles. The molecule has 0 aromatic heterocycles. The highest BCUT2D eigenvalue weighted by Gasteiger charge is 2.28. The van der Waals surface area contributed by atoms with E-state index in [1.54, 1.807) is 54.3 Å². The number of nitrogens with one attached hydrogen (secondary N) is 1. The summed E-state index contributed by atoms with van der Waals surface area (Å²) in [5.74, 6) is -0.381. The van der Waals surface area contributed by atoms with Crippen molar-refractivity contribution in [1.29, 1.82) is 5.26 Å². The van der Waals surface area contributed by atoms with Gasteiger partial charge in [-0.05, 0) is 24.3 Å². The van der Waals surface area contributed by atoms with Crippen molar-refractivity contribution in [2.24, 2.45) is 5.92 Å². The summed E-state index contributed by atoms with van der Waals surface area (Å²) in [5, 5.41) is 11.9. The number of carbonyl (C=O) groups is 2. The number of fused-ring (bicyclic) bond motifs is 1. The average Bonchev–Trinajstić information content (AvgIpc) is 2.76. The third kappa shape index (κ3) is 3.45. The van der Waals surface area contributed by atoms with Gasteiger partial charge < -0.3 is 15.0 Å². The van der Waals surface area contributed by atoms with Gasteiger partial charge in [-0.15, -0.1) is 0 Å². The first-order chi connectivity index (χ1) is 12.1. The van der Waals surface area contributed by atoms with Crippen LogP contribution in [0.1, 0.15) is 12.5 Å². The fraction of sp³-hybridized carbons (Fsp3) is 0.211. The standard InChI is InChI=1S/C19H17N3O3/c1-13-11-22(16-8-4-3-7-15(16)21-19(13)24)18(23)12-25-17-9-5-2-6-14(17)10-20/h2-9,13H,11-12H2,1H3,(H,21,24). The van der Waals surface area contributed by atoms with Crippen LogP contribution in [0.2, 0.25) is 0 Å². The predicted molar refractivity (Wildman–Crippen MR) is 93.2 cm³/mol. The summed E-state index contributed by atoms with van der Waals surface area (Å²) in [5.41, 5.74) is 1.61. The van der Waals surface area contributed by atoms with Gasteiger partial charge in [0, 0.05) is 6.54 Å². The van der Waals surface area contributed by atoms with Gasteiger partial charge in [-0.2, -0.15) is 5.26 Å². The van der Waals surface area contributed by atoms with Gasteiger partial charge in [0.1, 0.15) is 11.8 Å². The predicted octanol–water partition coefficient (Wildman–Crippen LogP) is 2.56. The van der Waals surface area contributed by atoms with Crippen LogP contribution in [-0.2, 0) is 9.59 Å². The number of nitriles is 1. The molecule has 1 heterocycles. The number of nitrogens with zero attached hydrogens (tertiary/aromatic N) is 2. The monoisotopic (exact) mass is 335 g/mol. The second-order valence-electron chi connectivity index (χ2n) is 5.81. The molecule has 0 fully saturated rings. The number of anilines is 2. The number of benzene rings is 2. The van der Waals surface area contributed by atoms with Gasteiger partial charge in [0.15, 0.2) is 6.61 Å². The summed E-state index contributed by atoms with van der Waals surface area (Å²) in [4.78, 5) is 26.4. The first-order valence-corrected chi connectivity index (χ1v) is 7.92. The SMILES string of the molecule is CC1CN(C(=O)COc2ccccc2C#N)c2ccccc2NC1=O. The average molecular weight is 335 g/mol. The molecule has 0 bridgehead atoms. The summed E-state index contributed by atoms with van der Waals surface area (Å²) < 4.78 is 5.54. The summed E-state index contributed by atoms with van der Waals surface area (Å²) in [7, 11) is 0. The summed E-state index contributed by atoms with van der Waals surface area (Å²) >= 11 is 0. The fourth-order valence-electron chi connectivity index (χ4n) is 2.66. The van der Waals surface area contributed by atoms with E-state index in [1.165, 1.54) is 0 Å². The number of para-hydroxylation sites is 3. The lowest BCUT2D eigenvalue weighted by Gasteiger charge is -2.23. The zero-order valence-corrected chi connectivity index (χ0v) is 13.7. The number of ether oxygens (including phenoxy) is 1. The maximum Gasteiger partial charge on any atom is 0.264 e. The van der Waals surface area contributed by atoms with Crippen molar-refractivity contribution in [2.75, 3.05) is 23.4 Å². The number of hydrogen-bond acceptors (Lipinski definition) is 4. The van der Waals surface area contributed by atoms with Crippen LogP contribution in [0.4, 0.5) is 11.4 Å². The zero-order chi connectivity index (χ0) is 17.8. The van der Waals surface area contributed by atoms with Crippen molar-refractivity contribution in [3.8, 4) is 11.8 Å². The Morgan fingerprint density at radius 2 is 2.00 bits per heavy atom. The van der Waals surface area contributed by atoms with Gasteiger partial charge in [-0.25, -0.2) is 0 Å². The molecule has 2 aromatic rings. The molecule has 6 nitrogen and oxygen atoms in total. The molecule has 1 aliphatic rings. The van der Waals surface area contributed by atoms with E-state index in [-0.39, 0.29) is 30.9 Å². The molecule has 0 saturated heterocycles. The number of carbonyl (C=O) groups excluding carboxylic acids is 2. The molecule has 0 aliphatic carbocycles. The number of rotatable bonds is 3. The Balaban J connectivity index is 1.81. The van der Waals surface area contributed by atoms with Crippen molar-refractivity contribution in [3.05, 3.63) is 54.1 Å². The van der Waals surface area contributed by atoms with Crippen molar-refractivity contribution in [2.45, 2.75) is 6.92 Å². The van der Waals surface area contributed by atoms with Crippen LogP contribution in [-0.4, -0.2) is 25.0 Å². The molecule has 25 heavy (non-hydrogen) atoms. The minimum absolute atomic E-state index is 0.126. The molecule has 1 N–H and O–H groups in total. The maximum absolute atomic E-state index is 12.7. The largest absolute Gasteiger partial charge is 0.482 e. The van der Waals surface area contributed by atoms with Gasteiger partial charge in [-0.1, -0.05) is 31.2 Å². The highest BCUT2D eigenvalue weighted by Crippen LogP contribution is 2.30. The highest BCUT2D eigenvalue weighted by molar-refractivity contribution is 6.04. The molecule has 1 atom stereocenters. The molecule has 6 heteroatoms.